The van der Waals surface area contributed by atoms with Crippen molar-refractivity contribution in [2.75, 3.05) is 37.7 Å². The van der Waals surface area contributed by atoms with Gasteiger partial charge in [-0.15, -0.1) is 0 Å². The van der Waals surface area contributed by atoms with Gasteiger partial charge in [0.05, 0.1) is 5.92 Å². The lowest BCUT2D eigenvalue weighted by molar-refractivity contribution is -0.153. The molecule has 1 aliphatic carbocycles. The maximum atomic E-state index is 12.2. The van der Waals surface area contributed by atoms with Crippen LogP contribution in [-0.2, 0) is 14.3 Å². The number of nitrogens with zero attached hydrogens (tertiary/aromatic N) is 2. The molecule has 0 spiro atoms. The Labute approximate surface area is 147 Å². The largest absolute Gasteiger partial charge is 0.455 e. The van der Waals surface area contributed by atoms with Crippen LogP contribution in [0.2, 0.25) is 0 Å². The standard InChI is InChI=1S/C19H24N2O4/c1-13-11-17(13)19(24)25-12-18(23)21-9-7-20(8-10-21)16-5-3-15(4-6-16)14(2)22/h3-6,13,17H,7-12H2,1-2H3/t13-,17-/m1/s1. The van der Waals surface area contributed by atoms with E-state index < -0.39 is 0 Å². The van der Waals surface area contributed by atoms with Gasteiger partial charge in [-0.1, -0.05) is 6.92 Å². The van der Waals surface area contributed by atoms with E-state index in [1.165, 1.54) is 0 Å². The summed E-state index contributed by atoms with van der Waals surface area (Å²) >= 11 is 0. The Kier molecular flexibility index (Phi) is 5.06. The van der Waals surface area contributed by atoms with Gasteiger partial charge in [0, 0.05) is 37.4 Å². The molecule has 0 radical (unpaired) electrons. The molecule has 134 valence electrons. The first-order chi connectivity index (χ1) is 12.0. The summed E-state index contributed by atoms with van der Waals surface area (Å²) in [6.45, 7) is 6.05. The normalized spacial score (nSPS) is 22.5. The van der Waals surface area contributed by atoms with Gasteiger partial charge in [0.15, 0.2) is 12.4 Å². The first-order valence-electron chi connectivity index (χ1n) is 8.76. The second-order valence-electron chi connectivity index (χ2n) is 6.90. The molecule has 1 heterocycles. The number of ether oxygens (including phenoxy) is 1. The highest BCUT2D eigenvalue weighted by Crippen LogP contribution is 2.38. The number of hydrogen-bond donors (Lipinski definition) is 0. The van der Waals surface area contributed by atoms with Gasteiger partial charge in [-0.2, -0.15) is 0 Å². The SMILES string of the molecule is CC(=O)c1ccc(N2CCN(C(=O)COC(=O)[C@@H]3C[C@H]3C)CC2)cc1. The lowest BCUT2D eigenvalue weighted by Crippen LogP contribution is -2.50. The number of ketones is 1. The van der Waals surface area contributed by atoms with Crippen LogP contribution in [0.25, 0.3) is 0 Å². The molecule has 1 aliphatic heterocycles. The number of Topliss-reactive ketones (excluding diaryl/α,β-unsaturated/α-hetero) is 1. The van der Waals surface area contributed by atoms with Crippen molar-refractivity contribution >= 4 is 23.3 Å². The predicted molar refractivity (Wildman–Crippen MR) is 93.5 cm³/mol. The number of amides is 1. The smallest absolute Gasteiger partial charge is 0.309 e. The van der Waals surface area contributed by atoms with Crippen LogP contribution in [0.15, 0.2) is 24.3 Å². The molecule has 6 heteroatoms. The van der Waals surface area contributed by atoms with Gasteiger partial charge in [0.2, 0.25) is 0 Å². The molecule has 6 nitrogen and oxygen atoms in total. The van der Waals surface area contributed by atoms with E-state index in [1.54, 1.807) is 11.8 Å². The number of carbonyl (C=O) groups excluding carboxylic acids is 3. The first kappa shape index (κ1) is 17.5. The molecular weight excluding hydrogens is 320 g/mol. The van der Waals surface area contributed by atoms with E-state index in [0.717, 1.165) is 25.2 Å². The summed E-state index contributed by atoms with van der Waals surface area (Å²) < 4.78 is 5.12. The van der Waals surface area contributed by atoms with E-state index in [0.29, 0.717) is 24.6 Å². The van der Waals surface area contributed by atoms with E-state index in [9.17, 15) is 14.4 Å². The van der Waals surface area contributed by atoms with Crippen molar-refractivity contribution < 1.29 is 19.1 Å². The molecule has 0 aromatic heterocycles. The molecule has 1 aromatic rings. The van der Waals surface area contributed by atoms with E-state index in [2.05, 4.69) is 4.90 Å². The molecule has 0 N–H and O–H groups in total. The summed E-state index contributed by atoms with van der Waals surface area (Å²) in [6.07, 6.45) is 0.869. The fourth-order valence-corrected chi connectivity index (χ4v) is 3.10. The van der Waals surface area contributed by atoms with E-state index in [-0.39, 0.29) is 30.2 Å². The van der Waals surface area contributed by atoms with Crippen LogP contribution in [0.4, 0.5) is 5.69 Å². The average molecular weight is 344 g/mol. The van der Waals surface area contributed by atoms with Crippen LogP contribution in [0, 0.1) is 11.8 Å². The van der Waals surface area contributed by atoms with Crippen molar-refractivity contribution in [1.82, 2.24) is 4.90 Å². The summed E-state index contributed by atoms with van der Waals surface area (Å²) in [5.41, 5.74) is 1.75. The average Bonchev–Trinajstić information content (AvgIpc) is 3.36. The maximum absolute atomic E-state index is 12.2. The number of hydrogen-bond acceptors (Lipinski definition) is 5. The van der Waals surface area contributed by atoms with Crippen LogP contribution in [-0.4, -0.2) is 55.3 Å². The molecule has 25 heavy (non-hydrogen) atoms. The van der Waals surface area contributed by atoms with Gasteiger partial charge in [-0.3, -0.25) is 14.4 Å². The fraction of sp³-hybridized carbons (Fsp3) is 0.526. The highest BCUT2D eigenvalue weighted by Gasteiger charge is 2.40. The molecule has 2 atom stereocenters. The van der Waals surface area contributed by atoms with E-state index in [1.807, 2.05) is 31.2 Å². The minimum atomic E-state index is -0.245. The van der Waals surface area contributed by atoms with Crippen molar-refractivity contribution in [2.24, 2.45) is 11.8 Å². The molecule has 1 saturated heterocycles. The third-order valence-corrected chi connectivity index (χ3v) is 5.02. The minimum absolute atomic E-state index is 0.0115. The lowest BCUT2D eigenvalue weighted by atomic mass is 10.1. The third-order valence-electron chi connectivity index (χ3n) is 5.02. The topological polar surface area (TPSA) is 66.9 Å². The molecule has 1 saturated carbocycles. The molecule has 0 bridgehead atoms. The van der Waals surface area contributed by atoms with E-state index >= 15 is 0 Å². The Morgan fingerprint density at radius 1 is 1.08 bits per heavy atom. The fourth-order valence-electron chi connectivity index (χ4n) is 3.10. The van der Waals surface area contributed by atoms with Gasteiger partial charge in [-0.05, 0) is 43.5 Å². The number of rotatable bonds is 5. The monoisotopic (exact) mass is 344 g/mol. The maximum Gasteiger partial charge on any atom is 0.309 e. The van der Waals surface area contributed by atoms with Gasteiger partial charge in [-0.25, -0.2) is 0 Å². The van der Waals surface area contributed by atoms with Gasteiger partial charge in [0.1, 0.15) is 0 Å². The van der Waals surface area contributed by atoms with Crippen LogP contribution < -0.4 is 4.90 Å². The van der Waals surface area contributed by atoms with Gasteiger partial charge in [0.25, 0.3) is 5.91 Å². The van der Waals surface area contributed by atoms with E-state index in [4.69, 9.17) is 4.74 Å². The summed E-state index contributed by atoms with van der Waals surface area (Å²) in [5, 5.41) is 0. The summed E-state index contributed by atoms with van der Waals surface area (Å²) in [4.78, 5) is 39.1. The minimum Gasteiger partial charge on any atom is -0.455 e. The Hall–Kier alpha value is -2.37. The van der Waals surface area contributed by atoms with Crippen LogP contribution in [0.1, 0.15) is 30.6 Å². The quantitative estimate of drug-likeness (QED) is 0.601. The van der Waals surface area contributed by atoms with Crippen molar-refractivity contribution in [3.63, 3.8) is 0 Å². The number of benzene rings is 1. The highest BCUT2D eigenvalue weighted by molar-refractivity contribution is 5.94. The Morgan fingerprint density at radius 2 is 1.68 bits per heavy atom. The zero-order valence-corrected chi connectivity index (χ0v) is 14.7. The molecular formula is C19H24N2O4. The lowest BCUT2D eigenvalue weighted by Gasteiger charge is -2.36. The first-order valence-corrected chi connectivity index (χ1v) is 8.76. The molecule has 0 unspecified atom stereocenters. The predicted octanol–water partition coefficient (Wildman–Crippen LogP) is 1.74. The van der Waals surface area contributed by atoms with Crippen LogP contribution in [0.3, 0.4) is 0 Å². The zero-order valence-electron chi connectivity index (χ0n) is 14.7. The van der Waals surface area contributed by atoms with Crippen molar-refractivity contribution in [3.8, 4) is 0 Å². The summed E-state index contributed by atoms with van der Waals surface area (Å²) in [6, 6.07) is 7.53. The number of piperazine rings is 1. The van der Waals surface area contributed by atoms with Crippen molar-refractivity contribution in [3.05, 3.63) is 29.8 Å². The molecule has 2 fully saturated rings. The Bertz CT molecular complexity index is 663. The summed E-state index contributed by atoms with van der Waals surface area (Å²) in [5.74, 6) is 0.0542. The van der Waals surface area contributed by atoms with Crippen molar-refractivity contribution in [1.29, 1.82) is 0 Å². The molecule has 2 aliphatic rings. The number of esters is 1. The number of anilines is 1. The second kappa shape index (κ2) is 7.25. The van der Waals surface area contributed by atoms with Gasteiger partial charge >= 0.3 is 5.97 Å². The Balaban J connectivity index is 1.45. The Morgan fingerprint density at radius 3 is 2.20 bits per heavy atom. The molecule has 1 aromatic carbocycles. The second-order valence-corrected chi connectivity index (χ2v) is 6.90. The van der Waals surface area contributed by atoms with Gasteiger partial charge < -0.3 is 14.5 Å². The highest BCUT2D eigenvalue weighted by atomic mass is 16.5. The molecule has 1 amide bonds. The summed E-state index contributed by atoms with van der Waals surface area (Å²) in [7, 11) is 0. The number of carbonyl (C=O) groups is 3. The third kappa shape index (κ3) is 4.18. The zero-order chi connectivity index (χ0) is 18.0. The van der Waals surface area contributed by atoms with Crippen molar-refractivity contribution in [2.45, 2.75) is 20.3 Å². The van der Waals surface area contributed by atoms with Crippen LogP contribution >= 0.6 is 0 Å². The van der Waals surface area contributed by atoms with Crippen LogP contribution in [0.5, 0.6) is 0 Å². The molecule has 3 rings (SSSR count).